The summed E-state index contributed by atoms with van der Waals surface area (Å²) in [6.07, 6.45) is 8.69. The average Bonchev–Trinajstić information content (AvgIpc) is 3.31. The molecule has 2 aromatic rings. The molecule has 1 fully saturated rings. The predicted octanol–water partition coefficient (Wildman–Crippen LogP) is 6.78. The number of nitrogens with one attached hydrogen (secondary N) is 1. The van der Waals surface area contributed by atoms with Gasteiger partial charge in [0.1, 0.15) is 17.2 Å². The van der Waals surface area contributed by atoms with Crippen LogP contribution in [-0.2, 0) is 9.59 Å². The lowest BCUT2D eigenvalue weighted by Gasteiger charge is -2.22. The fourth-order valence-electron chi connectivity index (χ4n) is 4.19. The van der Waals surface area contributed by atoms with Crippen molar-refractivity contribution in [1.82, 2.24) is 5.32 Å². The molecule has 0 heterocycles. The Hall–Kier alpha value is -2.60. The van der Waals surface area contributed by atoms with E-state index in [0.29, 0.717) is 23.0 Å². The third-order valence-electron chi connectivity index (χ3n) is 5.92. The molecular weight excluding hydrogens is 470 g/mol. The first kappa shape index (κ1) is 24.1. The van der Waals surface area contributed by atoms with Crippen molar-refractivity contribution in [3.8, 4) is 11.5 Å². The summed E-state index contributed by atoms with van der Waals surface area (Å²) in [5.41, 5.74) is 0.571. The Morgan fingerprint density at radius 2 is 1.84 bits per heavy atom. The maximum atomic E-state index is 13.0. The number of aliphatic carboxylic acids is 1. The van der Waals surface area contributed by atoms with Gasteiger partial charge in [-0.2, -0.15) is 0 Å². The van der Waals surface area contributed by atoms with E-state index >= 15 is 0 Å². The highest BCUT2D eigenvalue weighted by Gasteiger charge is 2.31. The SMILES string of the molecule is CCCCC(C(=O)N/C(=C\c1ccc(Oc2ccccc2Br)cc1)C(=O)O)C1CCCC1. The van der Waals surface area contributed by atoms with E-state index in [2.05, 4.69) is 28.2 Å². The first-order valence-corrected chi connectivity index (χ1v) is 12.1. The van der Waals surface area contributed by atoms with Gasteiger partial charge in [0, 0.05) is 5.92 Å². The van der Waals surface area contributed by atoms with Gasteiger partial charge in [-0.25, -0.2) is 4.79 Å². The lowest BCUT2D eigenvalue weighted by atomic mass is 9.86. The fraction of sp³-hybridized carbons (Fsp3) is 0.385. The summed E-state index contributed by atoms with van der Waals surface area (Å²) in [6.45, 7) is 2.11. The minimum absolute atomic E-state index is 0.103. The molecule has 2 N–H and O–H groups in total. The number of benzene rings is 2. The molecular formula is C26H30BrNO4. The van der Waals surface area contributed by atoms with Crippen LogP contribution in [-0.4, -0.2) is 17.0 Å². The molecule has 1 aliphatic carbocycles. The molecule has 0 aromatic heterocycles. The molecule has 0 saturated heterocycles. The first-order valence-electron chi connectivity index (χ1n) is 11.3. The van der Waals surface area contributed by atoms with Crippen LogP contribution in [0.5, 0.6) is 11.5 Å². The molecule has 1 saturated carbocycles. The largest absolute Gasteiger partial charge is 0.477 e. The standard InChI is InChI=1S/C26H30BrNO4/c1-2-3-10-21(19-8-4-5-9-19)25(29)28-23(26(30)31)17-18-13-15-20(16-14-18)32-24-12-7-6-11-22(24)27/h6-7,11-17,19,21H,2-5,8-10H2,1H3,(H,28,29)(H,30,31)/b23-17-. The number of carbonyl (C=O) groups is 2. The van der Waals surface area contributed by atoms with Crippen LogP contribution in [0, 0.1) is 11.8 Å². The van der Waals surface area contributed by atoms with Crippen molar-refractivity contribution in [3.05, 3.63) is 64.3 Å². The molecule has 0 radical (unpaired) electrons. The lowest BCUT2D eigenvalue weighted by molar-refractivity contribution is -0.135. The Morgan fingerprint density at radius 1 is 1.16 bits per heavy atom. The molecule has 1 amide bonds. The molecule has 0 bridgehead atoms. The van der Waals surface area contributed by atoms with Gasteiger partial charge in [0.25, 0.3) is 0 Å². The van der Waals surface area contributed by atoms with Gasteiger partial charge in [-0.05, 0) is 77.0 Å². The maximum absolute atomic E-state index is 13.0. The zero-order chi connectivity index (χ0) is 22.9. The van der Waals surface area contributed by atoms with Crippen LogP contribution in [0.1, 0.15) is 57.4 Å². The van der Waals surface area contributed by atoms with Gasteiger partial charge >= 0.3 is 5.97 Å². The van der Waals surface area contributed by atoms with Gasteiger partial charge in [-0.1, -0.05) is 56.9 Å². The fourth-order valence-corrected chi connectivity index (χ4v) is 4.56. The Bertz CT molecular complexity index is 949. The molecule has 3 rings (SSSR count). The Kier molecular flexibility index (Phi) is 8.91. The molecule has 1 aliphatic rings. The highest BCUT2D eigenvalue weighted by Crippen LogP contribution is 2.34. The number of unbranched alkanes of at least 4 members (excludes halogenated alkanes) is 1. The molecule has 0 aliphatic heterocycles. The van der Waals surface area contributed by atoms with Crippen LogP contribution < -0.4 is 10.1 Å². The van der Waals surface area contributed by atoms with E-state index in [1.54, 1.807) is 24.3 Å². The van der Waals surface area contributed by atoms with Crippen LogP contribution in [0.4, 0.5) is 0 Å². The van der Waals surface area contributed by atoms with Crippen molar-refractivity contribution in [1.29, 1.82) is 0 Å². The van der Waals surface area contributed by atoms with Crippen molar-refractivity contribution in [2.45, 2.75) is 51.9 Å². The number of para-hydroxylation sites is 1. The van der Waals surface area contributed by atoms with Crippen molar-refractivity contribution < 1.29 is 19.4 Å². The number of halogens is 1. The third kappa shape index (κ3) is 6.70. The summed E-state index contributed by atoms with van der Waals surface area (Å²) in [6, 6.07) is 14.6. The van der Waals surface area contributed by atoms with E-state index in [0.717, 1.165) is 49.4 Å². The zero-order valence-electron chi connectivity index (χ0n) is 18.4. The minimum atomic E-state index is -1.15. The summed E-state index contributed by atoms with van der Waals surface area (Å²) in [4.78, 5) is 24.8. The number of amides is 1. The smallest absolute Gasteiger partial charge is 0.352 e. The van der Waals surface area contributed by atoms with Crippen molar-refractivity contribution in [3.63, 3.8) is 0 Å². The highest BCUT2D eigenvalue weighted by molar-refractivity contribution is 9.10. The molecule has 1 unspecified atom stereocenters. The predicted molar refractivity (Wildman–Crippen MR) is 129 cm³/mol. The van der Waals surface area contributed by atoms with E-state index in [1.165, 1.54) is 6.08 Å². The van der Waals surface area contributed by atoms with Crippen molar-refractivity contribution >= 4 is 33.9 Å². The third-order valence-corrected chi connectivity index (χ3v) is 6.57. The van der Waals surface area contributed by atoms with Crippen LogP contribution in [0.2, 0.25) is 0 Å². The first-order chi connectivity index (χ1) is 15.5. The van der Waals surface area contributed by atoms with E-state index in [9.17, 15) is 14.7 Å². The molecule has 6 heteroatoms. The van der Waals surface area contributed by atoms with Crippen LogP contribution in [0.25, 0.3) is 6.08 Å². The maximum Gasteiger partial charge on any atom is 0.352 e. The summed E-state index contributed by atoms with van der Waals surface area (Å²) >= 11 is 3.45. The summed E-state index contributed by atoms with van der Waals surface area (Å²) in [5.74, 6) is 0.237. The lowest BCUT2D eigenvalue weighted by Crippen LogP contribution is -2.36. The zero-order valence-corrected chi connectivity index (χ0v) is 19.9. The molecule has 32 heavy (non-hydrogen) atoms. The summed E-state index contributed by atoms with van der Waals surface area (Å²) in [7, 11) is 0. The van der Waals surface area contributed by atoms with E-state index in [1.807, 2.05) is 24.3 Å². The van der Waals surface area contributed by atoms with Gasteiger partial charge in [0.2, 0.25) is 5.91 Å². The number of hydrogen-bond donors (Lipinski definition) is 2. The second-order valence-corrected chi connectivity index (χ2v) is 9.10. The van der Waals surface area contributed by atoms with Crippen molar-refractivity contribution in [2.75, 3.05) is 0 Å². The quantitative estimate of drug-likeness (QED) is 0.353. The van der Waals surface area contributed by atoms with Gasteiger partial charge in [0.15, 0.2) is 0 Å². The van der Waals surface area contributed by atoms with Gasteiger partial charge in [-0.3, -0.25) is 4.79 Å². The minimum Gasteiger partial charge on any atom is -0.477 e. The number of rotatable bonds is 10. The molecule has 1 atom stereocenters. The monoisotopic (exact) mass is 499 g/mol. The normalized spacial score (nSPS) is 15.4. The molecule has 170 valence electrons. The molecule has 2 aromatic carbocycles. The second kappa shape index (κ2) is 11.9. The Morgan fingerprint density at radius 3 is 2.47 bits per heavy atom. The van der Waals surface area contributed by atoms with Crippen LogP contribution in [0.3, 0.4) is 0 Å². The van der Waals surface area contributed by atoms with Crippen molar-refractivity contribution in [2.24, 2.45) is 11.8 Å². The number of carboxylic acid groups (broad SMARTS) is 1. The number of hydrogen-bond acceptors (Lipinski definition) is 3. The van der Waals surface area contributed by atoms with Gasteiger partial charge < -0.3 is 15.2 Å². The second-order valence-electron chi connectivity index (χ2n) is 8.25. The van der Waals surface area contributed by atoms with E-state index in [4.69, 9.17) is 4.74 Å². The number of carbonyl (C=O) groups excluding carboxylic acids is 1. The van der Waals surface area contributed by atoms with Gasteiger partial charge in [-0.15, -0.1) is 0 Å². The summed E-state index contributed by atoms with van der Waals surface area (Å²) in [5, 5.41) is 12.4. The highest BCUT2D eigenvalue weighted by atomic mass is 79.9. The van der Waals surface area contributed by atoms with E-state index in [-0.39, 0.29) is 17.5 Å². The average molecular weight is 500 g/mol. The number of ether oxygens (including phenoxy) is 1. The van der Waals surface area contributed by atoms with Gasteiger partial charge in [0.05, 0.1) is 4.47 Å². The Labute approximate surface area is 198 Å². The topological polar surface area (TPSA) is 75.6 Å². The van der Waals surface area contributed by atoms with Crippen LogP contribution in [0.15, 0.2) is 58.7 Å². The van der Waals surface area contributed by atoms with E-state index < -0.39 is 5.97 Å². The summed E-state index contributed by atoms with van der Waals surface area (Å²) < 4.78 is 6.70. The Balaban J connectivity index is 1.71. The number of carboxylic acids is 1. The molecule has 0 spiro atoms. The molecule has 5 nitrogen and oxygen atoms in total. The van der Waals surface area contributed by atoms with Crippen LogP contribution >= 0.6 is 15.9 Å².